The summed E-state index contributed by atoms with van der Waals surface area (Å²) in [6.07, 6.45) is 1.17. The van der Waals surface area contributed by atoms with E-state index in [9.17, 15) is 8.42 Å². The van der Waals surface area contributed by atoms with Gasteiger partial charge in [0, 0.05) is 27.8 Å². The Hall–Kier alpha value is -0.500. The fraction of sp³-hybridized carbons (Fsp3) is 0.538. The molecule has 0 fully saturated rings. The van der Waals surface area contributed by atoms with Gasteiger partial charge in [-0.1, -0.05) is 13.8 Å². The number of likely N-dealkylation sites (N-methyl/N-ethyl adjacent to an activating group) is 1. The number of hydrogen-bond donors (Lipinski definition) is 1. The molecule has 1 aromatic rings. The molecule has 1 heterocycles. The molecule has 0 aliphatic carbocycles. The molecule has 2 rings (SSSR count). The Morgan fingerprint density at radius 1 is 1.37 bits per heavy atom. The predicted molar refractivity (Wildman–Crippen MR) is 88.5 cm³/mol. The van der Waals surface area contributed by atoms with Gasteiger partial charge in [-0.25, -0.2) is 8.42 Å². The van der Waals surface area contributed by atoms with Crippen LogP contribution in [-0.4, -0.2) is 27.8 Å². The Morgan fingerprint density at radius 2 is 1.95 bits per heavy atom. The van der Waals surface area contributed by atoms with Crippen LogP contribution in [0.4, 0.5) is 11.4 Å². The first-order valence-corrected chi connectivity index (χ1v) is 9.05. The first-order chi connectivity index (χ1) is 8.54. The zero-order valence-corrected chi connectivity index (χ0v) is 14.8. The van der Waals surface area contributed by atoms with Gasteiger partial charge in [0.2, 0.25) is 10.0 Å². The van der Waals surface area contributed by atoms with E-state index in [-0.39, 0.29) is 5.41 Å². The van der Waals surface area contributed by atoms with Crippen molar-refractivity contribution >= 4 is 44.0 Å². The summed E-state index contributed by atoms with van der Waals surface area (Å²) in [7, 11) is -1.20. The van der Waals surface area contributed by atoms with Gasteiger partial charge in [-0.3, -0.25) is 4.72 Å². The van der Waals surface area contributed by atoms with Crippen LogP contribution in [0.15, 0.2) is 12.1 Å². The van der Waals surface area contributed by atoms with Crippen molar-refractivity contribution in [1.82, 2.24) is 0 Å². The van der Waals surface area contributed by atoms with Crippen LogP contribution < -0.4 is 9.62 Å². The molecule has 0 amide bonds. The SMILES string of the molecule is CC1N(C)c2cc(NS(C)(=O)=O)c(I)cc2C1(C)C. The van der Waals surface area contributed by atoms with E-state index in [1.165, 1.54) is 11.8 Å². The van der Waals surface area contributed by atoms with E-state index in [2.05, 4.69) is 66.1 Å². The second-order valence-electron chi connectivity index (χ2n) is 5.73. The highest BCUT2D eigenvalue weighted by molar-refractivity contribution is 14.1. The number of nitrogens with one attached hydrogen (secondary N) is 1. The number of benzene rings is 1. The molecule has 1 aliphatic rings. The number of anilines is 2. The van der Waals surface area contributed by atoms with Crippen LogP contribution in [0.3, 0.4) is 0 Å². The summed E-state index contributed by atoms with van der Waals surface area (Å²) in [6.45, 7) is 6.63. The third-order valence-corrected chi connectivity index (χ3v) is 5.56. The molecule has 1 aromatic carbocycles. The molecule has 19 heavy (non-hydrogen) atoms. The van der Waals surface area contributed by atoms with Crippen molar-refractivity contribution in [3.8, 4) is 0 Å². The fourth-order valence-electron chi connectivity index (χ4n) is 2.57. The van der Waals surface area contributed by atoms with Gasteiger partial charge in [-0.05, 0) is 47.2 Å². The van der Waals surface area contributed by atoms with Crippen LogP contribution in [0.5, 0.6) is 0 Å². The summed E-state index contributed by atoms with van der Waals surface area (Å²) in [4.78, 5) is 2.21. The van der Waals surface area contributed by atoms with Crippen LogP contribution in [0.25, 0.3) is 0 Å². The third kappa shape index (κ3) is 2.56. The van der Waals surface area contributed by atoms with Crippen LogP contribution in [0.2, 0.25) is 0 Å². The van der Waals surface area contributed by atoms with Crippen LogP contribution in [0, 0.1) is 3.57 Å². The maximum Gasteiger partial charge on any atom is 0.229 e. The van der Waals surface area contributed by atoms with Crippen molar-refractivity contribution in [2.45, 2.75) is 32.2 Å². The van der Waals surface area contributed by atoms with Crippen LogP contribution >= 0.6 is 22.6 Å². The molecule has 1 aliphatic heterocycles. The van der Waals surface area contributed by atoms with E-state index in [4.69, 9.17) is 0 Å². The highest BCUT2D eigenvalue weighted by Gasteiger charge is 2.40. The lowest BCUT2D eigenvalue weighted by molar-refractivity contribution is 0.454. The number of halogens is 1. The minimum atomic E-state index is -3.25. The van der Waals surface area contributed by atoms with E-state index in [0.717, 1.165) is 9.26 Å². The summed E-state index contributed by atoms with van der Waals surface area (Å²) in [5, 5.41) is 0. The Bertz CT molecular complexity index is 626. The van der Waals surface area contributed by atoms with E-state index >= 15 is 0 Å². The molecular formula is C13H19IN2O2S. The predicted octanol–water partition coefficient (Wildman–Crippen LogP) is 2.78. The first-order valence-electron chi connectivity index (χ1n) is 6.08. The molecule has 1 N–H and O–H groups in total. The molecule has 0 radical (unpaired) electrons. The van der Waals surface area contributed by atoms with Gasteiger partial charge < -0.3 is 4.90 Å². The van der Waals surface area contributed by atoms with Crippen molar-refractivity contribution in [3.05, 3.63) is 21.3 Å². The summed E-state index contributed by atoms with van der Waals surface area (Å²) >= 11 is 2.18. The molecule has 106 valence electrons. The number of fused-ring (bicyclic) bond motifs is 1. The Labute approximate surface area is 128 Å². The van der Waals surface area contributed by atoms with Crippen molar-refractivity contribution in [2.75, 3.05) is 22.9 Å². The molecule has 4 nitrogen and oxygen atoms in total. The maximum atomic E-state index is 11.4. The standard InChI is InChI=1S/C13H19IN2O2S/c1-8-13(2,3)9-6-10(14)11(15-19(5,17)18)7-12(9)16(8)4/h6-8,15H,1-5H3. The quantitative estimate of drug-likeness (QED) is 0.785. The Morgan fingerprint density at radius 3 is 2.47 bits per heavy atom. The third-order valence-electron chi connectivity index (χ3n) is 4.08. The largest absolute Gasteiger partial charge is 0.371 e. The lowest BCUT2D eigenvalue weighted by atomic mass is 9.81. The first kappa shape index (κ1) is 14.9. The van der Waals surface area contributed by atoms with Crippen LogP contribution in [0.1, 0.15) is 26.3 Å². The van der Waals surface area contributed by atoms with Gasteiger partial charge in [0.15, 0.2) is 0 Å². The molecule has 0 saturated heterocycles. The summed E-state index contributed by atoms with van der Waals surface area (Å²) in [5.41, 5.74) is 3.08. The average Bonchev–Trinajstić information content (AvgIpc) is 2.41. The zero-order chi connectivity index (χ0) is 14.6. The van der Waals surface area contributed by atoms with E-state index < -0.39 is 10.0 Å². The summed E-state index contributed by atoms with van der Waals surface area (Å²) in [5.74, 6) is 0. The van der Waals surface area contributed by atoms with Gasteiger partial charge in [-0.15, -0.1) is 0 Å². The minimum absolute atomic E-state index is 0.0631. The fourth-order valence-corrected chi connectivity index (χ4v) is 3.92. The van der Waals surface area contributed by atoms with Gasteiger partial charge in [0.05, 0.1) is 11.9 Å². The number of rotatable bonds is 2. The maximum absolute atomic E-state index is 11.4. The normalized spacial score (nSPS) is 21.4. The highest BCUT2D eigenvalue weighted by atomic mass is 127. The molecule has 0 bridgehead atoms. The molecule has 0 saturated carbocycles. The molecule has 1 unspecified atom stereocenters. The second-order valence-corrected chi connectivity index (χ2v) is 8.64. The van der Waals surface area contributed by atoms with Gasteiger partial charge in [0.1, 0.15) is 0 Å². The molecule has 0 spiro atoms. The number of hydrogen-bond acceptors (Lipinski definition) is 3. The molecular weight excluding hydrogens is 375 g/mol. The lowest BCUT2D eigenvalue weighted by Crippen LogP contribution is -2.36. The van der Waals surface area contributed by atoms with Gasteiger partial charge in [-0.2, -0.15) is 0 Å². The van der Waals surface area contributed by atoms with Crippen molar-refractivity contribution < 1.29 is 8.42 Å². The molecule has 6 heteroatoms. The van der Waals surface area contributed by atoms with Crippen LogP contribution in [-0.2, 0) is 15.4 Å². The van der Waals surface area contributed by atoms with Gasteiger partial charge >= 0.3 is 0 Å². The molecule has 1 atom stereocenters. The monoisotopic (exact) mass is 394 g/mol. The lowest BCUT2D eigenvalue weighted by Gasteiger charge is -2.28. The smallest absolute Gasteiger partial charge is 0.229 e. The minimum Gasteiger partial charge on any atom is -0.371 e. The zero-order valence-electron chi connectivity index (χ0n) is 11.8. The number of sulfonamides is 1. The van der Waals surface area contributed by atoms with E-state index in [0.29, 0.717) is 11.7 Å². The highest BCUT2D eigenvalue weighted by Crippen LogP contribution is 2.46. The summed E-state index contributed by atoms with van der Waals surface area (Å²) in [6, 6.07) is 4.40. The van der Waals surface area contributed by atoms with E-state index in [1.54, 1.807) is 0 Å². The Kier molecular flexibility index (Phi) is 3.54. The Balaban J connectivity index is 2.57. The molecule has 0 aromatic heterocycles. The number of nitrogens with zero attached hydrogens (tertiary/aromatic N) is 1. The van der Waals surface area contributed by atoms with E-state index in [1.807, 2.05) is 6.07 Å². The van der Waals surface area contributed by atoms with Gasteiger partial charge in [0.25, 0.3) is 0 Å². The van der Waals surface area contributed by atoms with Crippen molar-refractivity contribution in [2.24, 2.45) is 0 Å². The van der Waals surface area contributed by atoms with Crippen molar-refractivity contribution in [3.63, 3.8) is 0 Å². The summed E-state index contributed by atoms with van der Waals surface area (Å²) < 4.78 is 26.3. The average molecular weight is 394 g/mol. The van der Waals surface area contributed by atoms with Crippen molar-refractivity contribution in [1.29, 1.82) is 0 Å². The topological polar surface area (TPSA) is 49.4 Å². The second kappa shape index (κ2) is 4.51.